The molecule has 0 aliphatic rings. The fraction of sp³-hybridized carbons (Fsp3) is 0. The Kier molecular flexibility index (Phi) is 2.17. The molecule has 0 aliphatic heterocycles. The van der Waals surface area contributed by atoms with Crippen molar-refractivity contribution in [2.24, 2.45) is 0 Å². The summed E-state index contributed by atoms with van der Waals surface area (Å²) in [4.78, 5) is 10.8. The third-order valence-electron chi connectivity index (χ3n) is 1.86. The molecule has 5 heteroatoms. The minimum absolute atomic E-state index is 0.0430. The van der Waals surface area contributed by atoms with Crippen LogP contribution in [0.15, 0.2) is 17.5 Å². The second kappa shape index (κ2) is 3.22. The van der Waals surface area contributed by atoms with Crippen molar-refractivity contribution in [3.05, 3.63) is 33.9 Å². The number of carbonyl (C=O) groups is 1. The molecule has 0 saturated heterocycles. The zero-order chi connectivity index (χ0) is 10.3. The molecule has 2 aromatic rings. The fourth-order valence-electron chi connectivity index (χ4n) is 1.23. The number of carboxylic acids is 1. The molecule has 0 aliphatic carbocycles. The second-order valence-electron chi connectivity index (χ2n) is 2.69. The first kappa shape index (κ1) is 9.43. The molecular formula is C9H4ClFO2S. The fourth-order valence-corrected chi connectivity index (χ4v) is 2.34. The maximum Gasteiger partial charge on any atom is 0.337 e. The van der Waals surface area contributed by atoms with Crippen LogP contribution in [0.5, 0.6) is 0 Å². The van der Waals surface area contributed by atoms with Gasteiger partial charge in [0.15, 0.2) is 0 Å². The molecule has 72 valence electrons. The monoisotopic (exact) mass is 230 g/mol. The van der Waals surface area contributed by atoms with Gasteiger partial charge in [-0.1, -0.05) is 11.6 Å². The number of rotatable bonds is 1. The predicted octanol–water partition coefficient (Wildman–Crippen LogP) is 3.39. The molecule has 1 N–H and O–H groups in total. The summed E-state index contributed by atoms with van der Waals surface area (Å²) in [6, 6.07) is 2.66. The maximum absolute atomic E-state index is 13.4. The van der Waals surface area contributed by atoms with Gasteiger partial charge in [-0.05, 0) is 17.5 Å². The van der Waals surface area contributed by atoms with E-state index in [0.717, 1.165) is 6.07 Å². The highest BCUT2D eigenvalue weighted by Crippen LogP contribution is 2.31. The predicted molar refractivity (Wildman–Crippen MR) is 53.8 cm³/mol. The number of aromatic carboxylic acids is 1. The van der Waals surface area contributed by atoms with Gasteiger partial charge in [0.1, 0.15) is 5.82 Å². The zero-order valence-electron chi connectivity index (χ0n) is 6.75. The molecule has 0 unspecified atom stereocenters. The number of carboxylic acid groups (broad SMARTS) is 1. The van der Waals surface area contributed by atoms with Crippen molar-refractivity contribution in [1.82, 2.24) is 0 Å². The number of hydrogen-bond donors (Lipinski definition) is 1. The molecule has 0 radical (unpaired) electrons. The summed E-state index contributed by atoms with van der Waals surface area (Å²) in [7, 11) is 0. The van der Waals surface area contributed by atoms with E-state index in [1.54, 1.807) is 5.38 Å². The van der Waals surface area contributed by atoms with E-state index in [1.807, 2.05) is 0 Å². The Morgan fingerprint density at radius 2 is 2.29 bits per heavy atom. The Bertz CT molecular complexity index is 521. The van der Waals surface area contributed by atoms with Crippen molar-refractivity contribution >= 4 is 39.0 Å². The zero-order valence-corrected chi connectivity index (χ0v) is 8.32. The van der Waals surface area contributed by atoms with Crippen molar-refractivity contribution in [2.45, 2.75) is 0 Å². The number of fused-ring (bicyclic) bond motifs is 1. The minimum atomic E-state index is -1.10. The van der Waals surface area contributed by atoms with E-state index in [1.165, 1.54) is 17.4 Å². The number of hydrogen-bond acceptors (Lipinski definition) is 2. The molecule has 1 heterocycles. The standard InChI is InChI=1S/C9H4ClFO2S/c10-6-3-5(9(12)13)8-4(7(6)11)1-2-14-8/h1-3H,(H,12,13). The summed E-state index contributed by atoms with van der Waals surface area (Å²) in [5.41, 5.74) is 0.0430. The van der Waals surface area contributed by atoms with Gasteiger partial charge in [-0.25, -0.2) is 9.18 Å². The molecule has 0 fully saturated rings. The molecule has 0 bridgehead atoms. The van der Waals surface area contributed by atoms with E-state index in [2.05, 4.69) is 0 Å². The van der Waals surface area contributed by atoms with Gasteiger partial charge in [-0.3, -0.25) is 0 Å². The molecule has 0 saturated carbocycles. The van der Waals surface area contributed by atoms with Gasteiger partial charge in [0, 0.05) is 5.39 Å². The third-order valence-corrected chi connectivity index (χ3v) is 3.08. The van der Waals surface area contributed by atoms with Crippen LogP contribution >= 0.6 is 22.9 Å². The van der Waals surface area contributed by atoms with Crippen molar-refractivity contribution in [1.29, 1.82) is 0 Å². The minimum Gasteiger partial charge on any atom is -0.478 e. The Morgan fingerprint density at radius 3 is 2.93 bits per heavy atom. The average molecular weight is 231 g/mol. The van der Waals surface area contributed by atoms with Crippen molar-refractivity contribution in [3.63, 3.8) is 0 Å². The Labute approximate surface area is 87.5 Å². The van der Waals surface area contributed by atoms with E-state index in [4.69, 9.17) is 16.7 Å². The summed E-state index contributed by atoms with van der Waals surface area (Å²) in [6.07, 6.45) is 0. The normalized spacial score (nSPS) is 10.7. The van der Waals surface area contributed by atoms with Gasteiger partial charge < -0.3 is 5.11 Å². The SMILES string of the molecule is O=C(O)c1cc(Cl)c(F)c2ccsc12. The number of benzene rings is 1. The molecule has 1 aromatic carbocycles. The van der Waals surface area contributed by atoms with Crippen LogP contribution in [0.25, 0.3) is 10.1 Å². The van der Waals surface area contributed by atoms with Crippen molar-refractivity contribution < 1.29 is 14.3 Å². The lowest BCUT2D eigenvalue weighted by molar-refractivity contribution is 0.0699. The lowest BCUT2D eigenvalue weighted by Gasteiger charge is -2.00. The topological polar surface area (TPSA) is 37.3 Å². The van der Waals surface area contributed by atoms with Gasteiger partial charge in [-0.2, -0.15) is 0 Å². The molecule has 0 amide bonds. The smallest absolute Gasteiger partial charge is 0.337 e. The van der Waals surface area contributed by atoms with Crippen LogP contribution in [0.4, 0.5) is 4.39 Å². The van der Waals surface area contributed by atoms with Crippen LogP contribution in [-0.2, 0) is 0 Å². The van der Waals surface area contributed by atoms with Crippen LogP contribution in [-0.4, -0.2) is 11.1 Å². The Morgan fingerprint density at radius 1 is 1.57 bits per heavy atom. The van der Waals surface area contributed by atoms with Crippen LogP contribution in [0.2, 0.25) is 5.02 Å². The molecule has 14 heavy (non-hydrogen) atoms. The highest BCUT2D eigenvalue weighted by Gasteiger charge is 2.15. The van der Waals surface area contributed by atoms with E-state index in [9.17, 15) is 9.18 Å². The van der Waals surface area contributed by atoms with Crippen LogP contribution < -0.4 is 0 Å². The Hall–Kier alpha value is -1.13. The van der Waals surface area contributed by atoms with E-state index in [-0.39, 0.29) is 16.0 Å². The molecule has 2 rings (SSSR count). The first-order chi connectivity index (χ1) is 6.61. The van der Waals surface area contributed by atoms with Gasteiger partial charge in [0.05, 0.1) is 15.3 Å². The van der Waals surface area contributed by atoms with Gasteiger partial charge in [0.2, 0.25) is 0 Å². The molecule has 1 aromatic heterocycles. The molecule has 0 atom stereocenters. The van der Waals surface area contributed by atoms with Gasteiger partial charge in [-0.15, -0.1) is 11.3 Å². The molecule has 0 spiro atoms. The van der Waals surface area contributed by atoms with E-state index in [0.29, 0.717) is 4.70 Å². The summed E-state index contributed by atoms with van der Waals surface area (Å²) < 4.78 is 13.8. The van der Waals surface area contributed by atoms with E-state index >= 15 is 0 Å². The molecule has 2 nitrogen and oxygen atoms in total. The molecular weight excluding hydrogens is 227 g/mol. The number of halogens is 2. The number of thiophene rings is 1. The first-order valence-electron chi connectivity index (χ1n) is 3.69. The van der Waals surface area contributed by atoms with Gasteiger partial charge in [0.25, 0.3) is 0 Å². The summed E-state index contributed by atoms with van der Waals surface area (Å²) in [5.74, 6) is -1.66. The largest absolute Gasteiger partial charge is 0.478 e. The average Bonchev–Trinajstić information content (AvgIpc) is 2.59. The van der Waals surface area contributed by atoms with Crippen LogP contribution in [0.1, 0.15) is 10.4 Å². The first-order valence-corrected chi connectivity index (χ1v) is 4.95. The maximum atomic E-state index is 13.4. The highest BCUT2D eigenvalue weighted by molar-refractivity contribution is 7.17. The van der Waals surface area contributed by atoms with Crippen LogP contribution in [0.3, 0.4) is 0 Å². The summed E-state index contributed by atoms with van der Waals surface area (Å²) in [6.45, 7) is 0. The van der Waals surface area contributed by atoms with Crippen molar-refractivity contribution in [3.8, 4) is 0 Å². The third kappa shape index (κ3) is 1.27. The summed E-state index contributed by atoms with van der Waals surface area (Å²) >= 11 is 6.75. The quantitative estimate of drug-likeness (QED) is 0.815. The summed E-state index contributed by atoms with van der Waals surface area (Å²) in [5, 5.41) is 10.6. The Balaban J connectivity index is 2.91. The van der Waals surface area contributed by atoms with Crippen LogP contribution in [0, 0.1) is 5.82 Å². The van der Waals surface area contributed by atoms with Gasteiger partial charge >= 0.3 is 5.97 Å². The highest BCUT2D eigenvalue weighted by atomic mass is 35.5. The van der Waals surface area contributed by atoms with Crippen molar-refractivity contribution in [2.75, 3.05) is 0 Å². The van der Waals surface area contributed by atoms with E-state index < -0.39 is 11.8 Å². The lowest BCUT2D eigenvalue weighted by Crippen LogP contribution is -1.97. The lowest BCUT2D eigenvalue weighted by atomic mass is 10.1. The second-order valence-corrected chi connectivity index (χ2v) is 4.01.